The van der Waals surface area contributed by atoms with Gasteiger partial charge in [-0.3, -0.25) is 33.8 Å². The SMILES string of the molecule is CNc1ccc(C(=O)CC(O)CCC(C)C2OC(=O)CC(O)CC(=O)CC(O)CC(O)CC(O)CC(O)CC3(O)CC(O)C(C(=O)N4CCN(C)CC4)C(CC(O[C@@H]4O[C@H](C)[C@@H](O)[C@H](NC(=O)CN5CCN(CCO)CC5)[C@@H]4O)/C=C/C=C/C=C/C=C/C=C/C=C/C=C/C2C)O3)cc1. The number of hydrogen-bond acceptors (Lipinski definition) is 24. The molecule has 98 heavy (non-hydrogen) atoms. The molecule has 0 saturated carbocycles. The van der Waals surface area contributed by atoms with Crippen LogP contribution in [0.2, 0.25) is 0 Å². The van der Waals surface area contributed by atoms with Gasteiger partial charge in [0.15, 0.2) is 17.9 Å². The summed E-state index contributed by atoms with van der Waals surface area (Å²) in [6.07, 6.45) is 2.29. The second-order valence-corrected chi connectivity index (χ2v) is 27.1. The van der Waals surface area contributed by atoms with Gasteiger partial charge in [-0.1, -0.05) is 98.9 Å². The van der Waals surface area contributed by atoms with Gasteiger partial charge in [-0.05, 0) is 76.3 Å². The summed E-state index contributed by atoms with van der Waals surface area (Å²) in [6.45, 7) is 9.92. The summed E-state index contributed by atoms with van der Waals surface area (Å²) < 4.78 is 25.0. The van der Waals surface area contributed by atoms with Crippen molar-refractivity contribution in [2.45, 2.75) is 195 Å². The third-order valence-corrected chi connectivity index (χ3v) is 18.7. The molecule has 26 heteroatoms. The molecule has 5 aliphatic heterocycles. The maximum Gasteiger partial charge on any atom is 0.308 e. The van der Waals surface area contributed by atoms with Crippen molar-refractivity contribution in [2.24, 2.45) is 17.8 Å². The predicted molar refractivity (Wildman–Crippen MR) is 365 cm³/mol. The molecule has 4 saturated heterocycles. The van der Waals surface area contributed by atoms with Crippen molar-refractivity contribution in [1.29, 1.82) is 0 Å². The van der Waals surface area contributed by atoms with E-state index < -0.39 is 178 Å². The normalized spacial score (nSPS) is 35.7. The number of fused-ring (bicyclic) bond motifs is 2. The largest absolute Gasteiger partial charge is 0.461 e. The summed E-state index contributed by atoms with van der Waals surface area (Å²) in [6, 6.07) is 5.66. The Kier molecular flexibility index (Phi) is 34.2. The van der Waals surface area contributed by atoms with Gasteiger partial charge in [-0.2, -0.15) is 0 Å². The lowest BCUT2D eigenvalue weighted by Gasteiger charge is -2.47. The summed E-state index contributed by atoms with van der Waals surface area (Å²) >= 11 is 0. The van der Waals surface area contributed by atoms with Crippen LogP contribution >= 0.6 is 0 Å². The third kappa shape index (κ3) is 27.3. The van der Waals surface area contributed by atoms with Crippen molar-refractivity contribution in [3.05, 3.63) is 115 Å². The average molecular weight is 1380 g/mol. The fourth-order valence-electron chi connectivity index (χ4n) is 13.2. The summed E-state index contributed by atoms with van der Waals surface area (Å²) in [7, 11) is 3.69. The number of benzene rings is 1. The van der Waals surface area contributed by atoms with E-state index in [9.17, 15) is 80.1 Å². The van der Waals surface area contributed by atoms with Crippen LogP contribution in [0.3, 0.4) is 0 Å². The first kappa shape index (κ1) is 81.2. The number of anilines is 1. The number of β-amino-alcohol motifs (C(OH)–C–C–N with tert-alkyl or cyclic N) is 1. The van der Waals surface area contributed by atoms with Crippen molar-refractivity contribution in [2.75, 3.05) is 91.5 Å². The topological polar surface area (TPSA) is 382 Å². The molecule has 1 aromatic carbocycles. The minimum atomic E-state index is -2.32. The number of piperazine rings is 2. The lowest BCUT2D eigenvalue weighted by molar-refractivity contribution is -0.308. The number of amides is 2. The number of carbonyl (C=O) groups is 5. The monoisotopic (exact) mass is 1380 g/mol. The molecule has 5 aliphatic rings. The molecule has 0 aromatic heterocycles. The first-order chi connectivity index (χ1) is 46.7. The number of nitrogens with one attached hydrogen (secondary N) is 2. The molecule has 26 nitrogen and oxygen atoms in total. The number of nitrogens with zero attached hydrogens (tertiary/aromatic N) is 4. The second kappa shape index (κ2) is 41.3. The number of allylic oxidation sites excluding steroid dienone is 12. The van der Waals surface area contributed by atoms with Crippen molar-refractivity contribution >= 4 is 35.0 Å². The highest BCUT2D eigenvalue weighted by Crippen LogP contribution is 2.39. The Hall–Kier alpha value is -5.73. The van der Waals surface area contributed by atoms with Crippen molar-refractivity contribution in [3.8, 4) is 0 Å². The highest BCUT2D eigenvalue weighted by atomic mass is 16.7. The third-order valence-electron chi connectivity index (χ3n) is 18.7. The van der Waals surface area contributed by atoms with Gasteiger partial charge in [-0.15, -0.1) is 0 Å². The Morgan fingerprint density at radius 2 is 1.26 bits per heavy atom. The van der Waals surface area contributed by atoms with E-state index in [-0.39, 0.29) is 50.0 Å². The number of hydrogen-bond donors (Lipinski definition) is 13. The van der Waals surface area contributed by atoms with Gasteiger partial charge < -0.3 is 95.6 Å². The number of esters is 1. The molecule has 4 fully saturated rings. The highest BCUT2D eigenvalue weighted by molar-refractivity contribution is 5.96. The van der Waals surface area contributed by atoms with Gasteiger partial charge in [0.2, 0.25) is 11.8 Å². The van der Waals surface area contributed by atoms with E-state index in [2.05, 4.69) is 15.5 Å². The predicted octanol–water partition coefficient (Wildman–Crippen LogP) is 1.20. The number of carbonyl (C=O) groups excluding carboxylic acids is 5. The number of aliphatic hydroxyl groups is 11. The Labute approximate surface area is 576 Å². The van der Waals surface area contributed by atoms with E-state index in [0.717, 1.165) is 5.69 Å². The molecular formula is C72H110N6O20. The van der Waals surface area contributed by atoms with Gasteiger partial charge in [-0.25, -0.2) is 0 Å². The first-order valence-electron chi connectivity index (χ1n) is 34.6. The molecule has 6 rings (SSSR count). The van der Waals surface area contributed by atoms with E-state index in [0.29, 0.717) is 70.9 Å². The van der Waals surface area contributed by atoms with E-state index in [4.69, 9.17) is 18.9 Å². The Morgan fingerprint density at radius 1 is 0.684 bits per heavy atom. The summed E-state index contributed by atoms with van der Waals surface area (Å²) in [5.41, 5.74) is 1.30. The van der Waals surface area contributed by atoms with Crippen molar-refractivity contribution < 1.29 is 99.1 Å². The summed E-state index contributed by atoms with van der Waals surface area (Å²) in [5, 5.41) is 129. The van der Waals surface area contributed by atoms with E-state index in [1.54, 1.807) is 122 Å². The minimum absolute atomic E-state index is 0.0158. The zero-order chi connectivity index (χ0) is 71.5. The fourth-order valence-corrected chi connectivity index (χ4v) is 13.2. The molecule has 0 radical (unpaired) electrons. The maximum atomic E-state index is 14.6. The molecule has 5 heterocycles. The molecule has 0 spiro atoms. The summed E-state index contributed by atoms with van der Waals surface area (Å²) in [5.74, 6) is -6.89. The minimum Gasteiger partial charge on any atom is -0.461 e. The molecule has 2 amide bonds. The number of ketones is 2. The average Bonchev–Trinajstić information content (AvgIpc) is 0.777. The number of likely N-dealkylation sites (N-methyl/N-ethyl adjacent to an activating group) is 1. The quantitative estimate of drug-likeness (QED) is 0.0817. The van der Waals surface area contributed by atoms with E-state index in [1.165, 1.54) is 0 Å². The Balaban J connectivity index is 1.22. The number of Topliss-reactive ketones (excluding diaryl/α,β-unsaturated/α-hetero) is 2. The van der Waals surface area contributed by atoms with Crippen LogP contribution in [-0.2, 0) is 38.1 Å². The van der Waals surface area contributed by atoms with Crippen molar-refractivity contribution in [1.82, 2.24) is 24.9 Å². The first-order valence-corrected chi connectivity index (χ1v) is 34.6. The molecule has 548 valence electrons. The lowest BCUT2D eigenvalue weighted by atomic mass is 9.81. The standard InChI is InChI=1S/C72H110N6O20/c1-47-18-16-14-12-10-8-6-7-9-11-13-15-17-19-59(96-71-68(92)66(67(91)49(3)95-71)74-63(89)46-77-30-28-76(29-31-77)34-35-79)43-62-65(70(93)78-32-26-75(5)27-33-78)61(88)45-72(94,98-62)44-58(86)40-56(84)38-54(82)36-53(81)37-55(83)39-57(85)42-64(90)97-69(47)48(2)20-25-52(80)41-60(87)50-21-23-51(73-4)24-22-50/h6-19,21-24,47-49,52-54,56-59,61-62,65-69,71,73,79-82,84-86,88,91-92,94H,20,25-46H2,1-5H3,(H,74,89)/b7-6+,10-8+,11-9+,14-12+,15-13+,18-16+,19-17+/t47?,48?,49-,52?,53?,54?,56?,57?,58?,59?,61?,62?,65?,66+,67-,68+,69?,71+,72?/m1/s1. The van der Waals surface area contributed by atoms with Gasteiger partial charge in [0, 0.05) is 122 Å². The smallest absolute Gasteiger partial charge is 0.308 e. The van der Waals surface area contributed by atoms with Crippen LogP contribution in [-0.4, -0.2) is 289 Å². The molecule has 0 aliphatic carbocycles. The van der Waals surface area contributed by atoms with Crippen LogP contribution in [0.1, 0.15) is 108 Å². The molecule has 19 atom stereocenters. The molecule has 2 bridgehead atoms. The van der Waals surface area contributed by atoms with Gasteiger partial charge in [0.05, 0.1) is 92.6 Å². The van der Waals surface area contributed by atoms with Gasteiger partial charge in [0.1, 0.15) is 24.1 Å². The van der Waals surface area contributed by atoms with E-state index >= 15 is 0 Å². The number of aliphatic hydroxyl groups excluding tert-OH is 10. The second-order valence-electron chi connectivity index (χ2n) is 27.1. The van der Waals surface area contributed by atoms with Crippen LogP contribution in [0.15, 0.2) is 109 Å². The molecule has 13 N–H and O–H groups in total. The number of cyclic esters (lactones) is 1. The van der Waals surface area contributed by atoms with E-state index in [1.807, 2.05) is 36.8 Å². The van der Waals surface area contributed by atoms with Crippen LogP contribution in [0.5, 0.6) is 0 Å². The maximum absolute atomic E-state index is 14.6. The number of ether oxygens (including phenoxy) is 4. The molecule has 14 unspecified atom stereocenters. The van der Waals surface area contributed by atoms with Crippen LogP contribution < -0.4 is 10.6 Å². The van der Waals surface area contributed by atoms with Crippen LogP contribution in [0, 0.1) is 17.8 Å². The van der Waals surface area contributed by atoms with Gasteiger partial charge in [0.25, 0.3) is 0 Å². The van der Waals surface area contributed by atoms with Gasteiger partial charge >= 0.3 is 5.97 Å². The fraction of sp³-hybridized carbons (Fsp3) is 0.653. The number of rotatable bonds is 16. The Morgan fingerprint density at radius 3 is 1.87 bits per heavy atom. The lowest BCUT2D eigenvalue weighted by Crippen LogP contribution is -2.65. The molecular weight excluding hydrogens is 1270 g/mol. The van der Waals surface area contributed by atoms with Crippen LogP contribution in [0.25, 0.3) is 0 Å². The zero-order valence-corrected chi connectivity index (χ0v) is 57.4. The van der Waals surface area contributed by atoms with Crippen LogP contribution in [0.4, 0.5) is 5.69 Å². The van der Waals surface area contributed by atoms with Crippen molar-refractivity contribution in [3.63, 3.8) is 0 Å². The highest BCUT2D eigenvalue weighted by Gasteiger charge is 2.52. The Bertz CT molecular complexity index is 2840. The molecule has 1 aromatic rings. The summed E-state index contributed by atoms with van der Waals surface area (Å²) in [4.78, 5) is 75.4. The zero-order valence-electron chi connectivity index (χ0n) is 57.4.